The van der Waals surface area contributed by atoms with Gasteiger partial charge < -0.3 is 15.6 Å². The summed E-state index contributed by atoms with van der Waals surface area (Å²) in [6.07, 6.45) is 1.14. The van der Waals surface area contributed by atoms with Gasteiger partial charge in [-0.3, -0.25) is 4.90 Å². The molecule has 5 heteroatoms. The van der Waals surface area contributed by atoms with Gasteiger partial charge in [0.2, 0.25) is 0 Å². The van der Waals surface area contributed by atoms with E-state index in [9.17, 15) is 5.21 Å². The molecular formula is C8H18BrN3O. The lowest BCUT2D eigenvalue weighted by atomic mass is 10.1. The molecule has 0 bridgehead atoms. The molecule has 0 radical (unpaired) electrons. The van der Waals surface area contributed by atoms with Gasteiger partial charge in [-0.25, -0.2) is 0 Å². The fraction of sp³-hybridized carbons (Fsp3) is 1.00. The van der Waals surface area contributed by atoms with E-state index in [-0.39, 0.29) is 23.0 Å². The van der Waals surface area contributed by atoms with Crippen LogP contribution in [-0.4, -0.2) is 43.3 Å². The van der Waals surface area contributed by atoms with E-state index in [2.05, 4.69) is 10.2 Å². The minimum Gasteiger partial charge on any atom is -0.634 e. The number of hydrogen-bond donors (Lipinski definition) is 2. The van der Waals surface area contributed by atoms with Crippen molar-refractivity contribution in [2.75, 3.05) is 26.3 Å². The van der Waals surface area contributed by atoms with Crippen LogP contribution in [0, 0.1) is 5.21 Å². The minimum atomic E-state index is 0. The fourth-order valence-electron chi connectivity index (χ4n) is 2.13. The van der Waals surface area contributed by atoms with Crippen LogP contribution in [0.3, 0.4) is 0 Å². The van der Waals surface area contributed by atoms with E-state index in [1.165, 1.54) is 0 Å². The maximum Gasteiger partial charge on any atom is 0.0973 e. The SMILES string of the molecule is Br.CC1CN2CNCCC2C[NH+]1[O-]. The lowest BCUT2D eigenvalue weighted by molar-refractivity contribution is -0.882. The summed E-state index contributed by atoms with van der Waals surface area (Å²) in [5.74, 6) is 0. The maximum atomic E-state index is 11.4. The Labute approximate surface area is 89.6 Å². The number of fused-ring (bicyclic) bond motifs is 1. The van der Waals surface area contributed by atoms with Crippen molar-refractivity contribution in [2.45, 2.75) is 25.4 Å². The molecule has 0 aromatic carbocycles. The zero-order chi connectivity index (χ0) is 8.55. The van der Waals surface area contributed by atoms with Gasteiger partial charge in [-0.1, -0.05) is 0 Å². The molecule has 0 aromatic rings. The largest absolute Gasteiger partial charge is 0.634 e. The maximum absolute atomic E-state index is 11.4. The van der Waals surface area contributed by atoms with E-state index in [1.54, 1.807) is 0 Å². The number of hydrogen-bond acceptors (Lipinski definition) is 3. The van der Waals surface area contributed by atoms with Crippen LogP contribution in [-0.2, 0) is 0 Å². The quantitative estimate of drug-likeness (QED) is 0.542. The van der Waals surface area contributed by atoms with Gasteiger partial charge in [-0.2, -0.15) is 0 Å². The van der Waals surface area contributed by atoms with Crippen molar-refractivity contribution in [3.05, 3.63) is 5.21 Å². The van der Waals surface area contributed by atoms with Gasteiger partial charge in [0, 0.05) is 6.67 Å². The Kier molecular flexibility index (Phi) is 4.12. The molecule has 2 heterocycles. The van der Waals surface area contributed by atoms with E-state index < -0.39 is 0 Å². The second kappa shape index (κ2) is 4.70. The molecule has 0 saturated carbocycles. The van der Waals surface area contributed by atoms with Crippen molar-refractivity contribution in [1.29, 1.82) is 0 Å². The Bertz CT molecular complexity index is 151. The molecule has 2 aliphatic heterocycles. The molecule has 0 aliphatic carbocycles. The molecule has 78 valence electrons. The molecule has 2 aliphatic rings. The van der Waals surface area contributed by atoms with Crippen molar-refractivity contribution in [2.24, 2.45) is 0 Å². The predicted molar refractivity (Wildman–Crippen MR) is 57.0 cm³/mol. The summed E-state index contributed by atoms with van der Waals surface area (Å²) in [5, 5.41) is 15.2. The molecule has 0 amide bonds. The third-order valence-corrected chi connectivity index (χ3v) is 2.98. The second-order valence-electron chi connectivity index (χ2n) is 3.94. The van der Waals surface area contributed by atoms with E-state index in [4.69, 9.17) is 0 Å². The van der Waals surface area contributed by atoms with E-state index in [0.717, 1.165) is 32.7 Å². The Morgan fingerprint density at radius 3 is 3.08 bits per heavy atom. The number of halogens is 1. The van der Waals surface area contributed by atoms with Gasteiger partial charge in [0.05, 0.1) is 25.2 Å². The van der Waals surface area contributed by atoms with Gasteiger partial charge in [0.25, 0.3) is 0 Å². The monoisotopic (exact) mass is 251 g/mol. The number of nitrogens with zero attached hydrogens (tertiary/aromatic N) is 1. The van der Waals surface area contributed by atoms with Crippen LogP contribution in [0.25, 0.3) is 0 Å². The van der Waals surface area contributed by atoms with Gasteiger partial charge in [-0.15, -0.1) is 17.0 Å². The summed E-state index contributed by atoms with van der Waals surface area (Å²) >= 11 is 0. The Hall–Kier alpha value is 0.320. The molecule has 3 atom stereocenters. The molecule has 0 spiro atoms. The van der Waals surface area contributed by atoms with Gasteiger partial charge in [0.15, 0.2) is 0 Å². The summed E-state index contributed by atoms with van der Waals surface area (Å²) in [7, 11) is 0. The van der Waals surface area contributed by atoms with Crippen molar-refractivity contribution < 1.29 is 5.06 Å². The molecule has 4 nitrogen and oxygen atoms in total. The summed E-state index contributed by atoms with van der Waals surface area (Å²) < 4.78 is 0. The average Bonchev–Trinajstić information content (AvgIpc) is 2.07. The number of quaternary nitrogens is 1. The van der Waals surface area contributed by atoms with Crippen molar-refractivity contribution >= 4 is 17.0 Å². The third kappa shape index (κ3) is 2.41. The average molecular weight is 252 g/mol. The molecule has 2 fully saturated rings. The first-order valence-electron chi connectivity index (χ1n) is 4.75. The number of hydroxylamine groups is 2. The lowest BCUT2D eigenvalue weighted by Crippen LogP contribution is -3.15. The third-order valence-electron chi connectivity index (χ3n) is 2.98. The minimum absolute atomic E-state index is 0. The molecule has 13 heavy (non-hydrogen) atoms. The normalized spacial score (nSPS) is 40.6. The van der Waals surface area contributed by atoms with E-state index in [1.807, 2.05) is 6.92 Å². The smallest absolute Gasteiger partial charge is 0.0973 e. The zero-order valence-electron chi connectivity index (χ0n) is 7.95. The standard InChI is InChI=1S/C8H17N3O.BrH/c1-7-4-10-6-9-3-2-8(10)5-11(7)12;/h7-9,11H,2-6H2,1H3;1H. The molecule has 0 aromatic heterocycles. The first-order valence-corrected chi connectivity index (χ1v) is 4.75. The number of piperazine rings is 1. The number of rotatable bonds is 0. The first-order chi connectivity index (χ1) is 5.77. The Morgan fingerprint density at radius 1 is 1.54 bits per heavy atom. The highest BCUT2D eigenvalue weighted by atomic mass is 79.9. The summed E-state index contributed by atoms with van der Waals surface area (Å²) in [5.41, 5.74) is 0. The Morgan fingerprint density at radius 2 is 2.31 bits per heavy atom. The Balaban J connectivity index is 0.000000845. The topological polar surface area (TPSA) is 42.8 Å². The summed E-state index contributed by atoms with van der Waals surface area (Å²) in [4.78, 5) is 2.40. The molecule has 2 rings (SSSR count). The second-order valence-corrected chi connectivity index (χ2v) is 3.94. The number of nitrogens with one attached hydrogen (secondary N) is 2. The molecular weight excluding hydrogens is 234 g/mol. The van der Waals surface area contributed by atoms with Crippen molar-refractivity contribution in [3.63, 3.8) is 0 Å². The van der Waals surface area contributed by atoms with Crippen LogP contribution in [0.1, 0.15) is 13.3 Å². The summed E-state index contributed by atoms with van der Waals surface area (Å²) in [6.45, 7) is 5.82. The van der Waals surface area contributed by atoms with Crippen LogP contribution in [0.5, 0.6) is 0 Å². The predicted octanol–water partition coefficient (Wildman–Crippen LogP) is -1.03. The van der Waals surface area contributed by atoms with E-state index >= 15 is 0 Å². The van der Waals surface area contributed by atoms with E-state index in [0.29, 0.717) is 11.1 Å². The lowest BCUT2D eigenvalue weighted by Gasteiger charge is -2.46. The molecule has 2 N–H and O–H groups in total. The van der Waals surface area contributed by atoms with Crippen LogP contribution in [0.4, 0.5) is 0 Å². The van der Waals surface area contributed by atoms with Crippen molar-refractivity contribution in [3.8, 4) is 0 Å². The summed E-state index contributed by atoms with van der Waals surface area (Å²) in [6, 6.07) is 0.788. The van der Waals surface area contributed by atoms with Crippen LogP contribution in [0.2, 0.25) is 0 Å². The first kappa shape index (κ1) is 11.4. The highest BCUT2D eigenvalue weighted by Crippen LogP contribution is 2.09. The molecule has 3 unspecified atom stereocenters. The highest BCUT2D eigenvalue weighted by Gasteiger charge is 2.32. The highest BCUT2D eigenvalue weighted by molar-refractivity contribution is 8.93. The van der Waals surface area contributed by atoms with Crippen LogP contribution < -0.4 is 10.4 Å². The van der Waals surface area contributed by atoms with Gasteiger partial charge >= 0.3 is 0 Å². The van der Waals surface area contributed by atoms with Crippen LogP contribution >= 0.6 is 17.0 Å². The zero-order valence-corrected chi connectivity index (χ0v) is 9.67. The fourth-order valence-corrected chi connectivity index (χ4v) is 2.13. The molecule has 2 saturated heterocycles. The van der Waals surface area contributed by atoms with Gasteiger partial charge in [-0.05, 0) is 19.9 Å². The van der Waals surface area contributed by atoms with Gasteiger partial charge in [0.1, 0.15) is 0 Å². The van der Waals surface area contributed by atoms with Crippen LogP contribution in [0.15, 0.2) is 0 Å². The van der Waals surface area contributed by atoms with Crippen molar-refractivity contribution in [1.82, 2.24) is 10.2 Å².